The molecule has 10 heavy (non-hydrogen) atoms. The molecule has 1 heterocycles. The maximum Gasteiger partial charge on any atom is 0.343 e. The van der Waals surface area contributed by atoms with Crippen LogP contribution >= 0.6 is 15.9 Å². The van der Waals surface area contributed by atoms with Crippen molar-refractivity contribution in [1.29, 1.82) is 0 Å². The highest BCUT2D eigenvalue weighted by atomic mass is 79.9. The molecule has 0 unspecified atom stereocenters. The quantitative estimate of drug-likeness (QED) is 0.656. The summed E-state index contributed by atoms with van der Waals surface area (Å²) in [6, 6.07) is 2.19. The van der Waals surface area contributed by atoms with Crippen LogP contribution < -0.4 is 0 Å². The molecule has 0 amide bonds. The topological polar surface area (TPSA) is 25.8 Å². The van der Waals surface area contributed by atoms with Crippen molar-refractivity contribution in [2.45, 2.75) is 4.83 Å². The molecule has 0 saturated carbocycles. The number of halogens is 3. The smallest absolute Gasteiger partial charge is 0.244 e. The van der Waals surface area contributed by atoms with E-state index in [0.717, 1.165) is 12.5 Å². The van der Waals surface area contributed by atoms with Gasteiger partial charge in [0.15, 0.2) is 0 Å². The fourth-order valence-corrected chi connectivity index (χ4v) is 0.632. The van der Waals surface area contributed by atoms with Gasteiger partial charge in [-0.3, -0.25) is 0 Å². The van der Waals surface area contributed by atoms with Gasteiger partial charge in [0.05, 0.1) is 0 Å². The van der Waals surface area contributed by atoms with Gasteiger partial charge in [0.1, 0.15) is 12.0 Å². The van der Waals surface area contributed by atoms with Crippen molar-refractivity contribution in [2.75, 3.05) is 0 Å². The molecule has 0 spiro atoms. The maximum absolute atomic E-state index is 12.2. The van der Waals surface area contributed by atoms with E-state index < -0.39 is 10.5 Å². The Morgan fingerprint density at radius 2 is 2.30 bits per heavy atom. The van der Waals surface area contributed by atoms with Crippen LogP contribution in [0.2, 0.25) is 0 Å². The average Bonchev–Trinajstić information content (AvgIpc) is 1.88. The number of alkyl halides is 3. The third-order valence-electron chi connectivity index (χ3n) is 0.798. The first kappa shape index (κ1) is 7.53. The predicted molar refractivity (Wildman–Crippen MR) is 33.7 cm³/mol. The number of hydrogen-bond donors (Lipinski definition) is 0. The zero-order chi connectivity index (χ0) is 7.61. The molecule has 0 N–H and O–H groups in total. The Labute approximate surface area is 64.4 Å². The number of aromatic nitrogens is 2. The van der Waals surface area contributed by atoms with Gasteiger partial charge in [-0.2, -0.15) is 8.78 Å². The molecular formula is C5H2BrF2N2. The lowest BCUT2D eigenvalue weighted by atomic mass is 10.4. The highest BCUT2D eigenvalue weighted by Gasteiger charge is 2.28. The number of rotatable bonds is 1. The summed E-state index contributed by atoms with van der Waals surface area (Å²) in [4.78, 5) is 3.62. The molecule has 0 atom stereocenters. The van der Waals surface area contributed by atoms with Crippen molar-refractivity contribution >= 4 is 15.9 Å². The Balaban J connectivity index is 2.97. The van der Waals surface area contributed by atoms with Crippen molar-refractivity contribution < 1.29 is 8.78 Å². The lowest BCUT2D eigenvalue weighted by Crippen LogP contribution is -2.05. The van der Waals surface area contributed by atoms with Gasteiger partial charge in [-0.1, -0.05) is 0 Å². The SMILES string of the molecule is FC(F)(Br)c1[c]cncn1. The third kappa shape index (κ3) is 1.70. The first-order chi connectivity index (χ1) is 4.61. The Morgan fingerprint density at radius 3 is 2.60 bits per heavy atom. The normalized spacial score (nSPS) is 11.5. The van der Waals surface area contributed by atoms with Crippen molar-refractivity contribution in [3.63, 3.8) is 0 Å². The standard InChI is InChI=1S/C5H2BrF2N2/c6-5(7,8)4-1-2-9-3-10-4/h2-3H. The fourth-order valence-electron chi connectivity index (χ4n) is 0.415. The molecule has 5 heteroatoms. The minimum absolute atomic E-state index is 0.456. The average molecular weight is 208 g/mol. The second-order valence-electron chi connectivity index (χ2n) is 1.51. The summed E-state index contributed by atoms with van der Waals surface area (Å²) in [5.41, 5.74) is -0.456. The molecule has 53 valence electrons. The number of hydrogen-bond acceptors (Lipinski definition) is 2. The molecular weight excluding hydrogens is 206 g/mol. The largest absolute Gasteiger partial charge is 0.343 e. The van der Waals surface area contributed by atoms with Gasteiger partial charge in [-0.05, 0) is 15.9 Å². The zero-order valence-corrected chi connectivity index (χ0v) is 6.27. The molecule has 0 aliphatic carbocycles. The first-order valence-corrected chi connectivity index (χ1v) is 3.15. The Kier molecular flexibility index (Phi) is 1.94. The van der Waals surface area contributed by atoms with Crippen LogP contribution in [0.15, 0.2) is 12.5 Å². The van der Waals surface area contributed by atoms with Crippen molar-refractivity contribution in [2.24, 2.45) is 0 Å². The Hall–Kier alpha value is -0.580. The Bertz CT molecular complexity index is 209. The van der Waals surface area contributed by atoms with E-state index in [1.807, 2.05) is 0 Å². The summed E-state index contributed by atoms with van der Waals surface area (Å²) < 4.78 is 24.5. The van der Waals surface area contributed by atoms with Gasteiger partial charge in [0, 0.05) is 12.3 Å². The van der Waals surface area contributed by atoms with E-state index in [1.165, 1.54) is 0 Å². The van der Waals surface area contributed by atoms with Crippen LogP contribution in [0.1, 0.15) is 5.69 Å². The zero-order valence-electron chi connectivity index (χ0n) is 4.68. The molecule has 0 aromatic carbocycles. The van der Waals surface area contributed by atoms with Gasteiger partial charge >= 0.3 is 4.83 Å². The highest BCUT2D eigenvalue weighted by Crippen LogP contribution is 2.31. The van der Waals surface area contributed by atoms with Gasteiger partial charge in [-0.25, -0.2) is 9.97 Å². The van der Waals surface area contributed by atoms with Crippen LogP contribution in [0.5, 0.6) is 0 Å². The fraction of sp³-hybridized carbons (Fsp3) is 0.200. The van der Waals surface area contributed by atoms with E-state index in [0.29, 0.717) is 0 Å². The highest BCUT2D eigenvalue weighted by molar-refractivity contribution is 9.09. The summed E-state index contributed by atoms with van der Waals surface area (Å²) in [6.45, 7) is 0. The molecule has 0 aliphatic rings. The summed E-state index contributed by atoms with van der Waals surface area (Å²) in [5, 5.41) is 0. The van der Waals surface area contributed by atoms with Crippen LogP contribution in [-0.4, -0.2) is 9.97 Å². The Morgan fingerprint density at radius 1 is 1.60 bits per heavy atom. The van der Waals surface area contributed by atoms with Crippen molar-refractivity contribution in [3.05, 3.63) is 24.3 Å². The van der Waals surface area contributed by atoms with Gasteiger partial charge < -0.3 is 0 Å². The van der Waals surface area contributed by atoms with Crippen LogP contribution in [-0.2, 0) is 4.83 Å². The second-order valence-corrected chi connectivity index (χ2v) is 2.51. The van der Waals surface area contributed by atoms with E-state index >= 15 is 0 Å². The van der Waals surface area contributed by atoms with E-state index in [9.17, 15) is 8.78 Å². The predicted octanol–water partition coefficient (Wildman–Crippen LogP) is 1.72. The van der Waals surface area contributed by atoms with Crippen LogP contribution in [0.3, 0.4) is 0 Å². The summed E-state index contributed by atoms with van der Waals surface area (Å²) in [6.07, 6.45) is 2.18. The van der Waals surface area contributed by atoms with Crippen molar-refractivity contribution in [3.8, 4) is 0 Å². The van der Waals surface area contributed by atoms with Crippen molar-refractivity contribution in [1.82, 2.24) is 9.97 Å². The molecule has 0 bridgehead atoms. The molecule has 0 saturated heterocycles. The van der Waals surface area contributed by atoms with Crippen LogP contribution in [0.4, 0.5) is 8.78 Å². The number of nitrogens with zero attached hydrogens (tertiary/aromatic N) is 2. The monoisotopic (exact) mass is 207 g/mol. The summed E-state index contributed by atoms with van der Waals surface area (Å²) in [5.74, 6) is 0. The van der Waals surface area contributed by atoms with Gasteiger partial charge in [0.2, 0.25) is 0 Å². The van der Waals surface area contributed by atoms with Crippen LogP contribution in [0.25, 0.3) is 0 Å². The summed E-state index contributed by atoms with van der Waals surface area (Å²) >= 11 is 2.13. The molecule has 1 aromatic rings. The van der Waals surface area contributed by atoms with Crippen LogP contribution in [0, 0.1) is 6.07 Å². The van der Waals surface area contributed by atoms with E-state index in [1.54, 1.807) is 0 Å². The molecule has 2 nitrogen and oxygen atoms in total. The lowest BCUT2D eigenvalue weighted by molar-refractivity contribution is 0.109. The lowest BCUT2D eigenvalue weighted by Gasteiger charge is -2.03. The van der Waals surface area contributed by atoms with Gasteiger partial charge in [0.25, 0.3) is 0 Å². The van der Waals surface area contributed by atoms with E-state index in [2.05, 4.69) is 32.0 Å². The minimum atomic E-state index is -3.10. The second kappa shape index (κ2) is 2.57. The molecule has 1 rings (SSSR count). The molecule has 0 fully saturated rings. The molecule has 1 aromatic heterocycles. The third-order valence-corrected chi connectivity index (χ3v) is 1.17. The van der Waals surface area contributed by atoms with E-state index in [4.69, 9.17) is 0 Å². The maximum atomic E-state index is 12.2. The summed E-state index contributed by atoms with van der Waals surface area (Å²) in [7, 11) is 0. The molecule has 1 radical (unpaired) electrons. The van der Waals surface area contributed by atoms with E-state index in [-0.39, 0.29) is 0 Å². The first-order valence-electron chi connectivity index (χ1n) is 2.35. The minimum Gasteiger partial charge on any atom is -0.244 e. The molecule has 0 aliphatic heterocycles. The van der Waals surface area contributed by atoms with Gasteiger partial charge in [-0.15, -0.1) is 0 Å².